The van der Waals surface area contributed by atoms with Crippen LogP contribution in [0.5, 0.6) is 0 Å². The van der Waals surface area contributed by atoms with E-state index in [1.807, 2.05) is 106 Å². The normalized spacial score (nSPS) is 14.9. The number of carbonyl (C=O) groups excluding carboxylic acids is 5. The summed E-state index contributed by atoms with van der Waals surface area (Å²) in [6.07, 6.45) is 2.28. The topological polar surface area (TPSA) is 257 Å². The second-order valence-corrected chi connectivity index (χ2v) is 17.3. The Labute approximate surface area is 443 Å². The molecule has 356 valence electrons. The van der Waals surface area contributed by atoms with Gasteiger partial charge in [0.2, 0.25) is 29.5 Å². The Morgan fingerprint density at radius 3 is 1.62 bits per heavy atom. The van der Waals surface area contributed by atoms with E-state index in [4.69, 9.17) is 0 Å². The molecular formula is C50H65N7Na2O9. The van der Waals surface area contributed by atoms with Crippen LogP contribution in [0.3, 0.4) is 0 Å². The third-order valence-corrected chi connectivity index (χ3v) is 11.9. The van der Waals surface area contributed by atoms with Gasteiger partial charge in [-0.2, -0.15) is 0 Å². The molecular weight excluding hydrogens is 889 g/mol. The molecule has 0 fully saturated rings. The van der Waals surface area contributed by atoms with Gasteiger partial charge in [-0.1, -0.05) is 133 Å². The maximum Gasteiger partial charge on any atom is 1.00 e. The molecule has 8 atom stereocenters. The second-order valence-electron chi connectivity index (χ2n) is 17.3. The molecule has 68 heavy (non-hydrogen) atoms. The number of hydrogen-bond acceptors (Lipinski definition) is 9. The Kier molecular flexibility index (Phi) is 25.8. The number of aromatic amines is 1. The Balaban J connectivity index is 0.00000793. The van der Waals surface area contributed by atoms with Gasteiger partial charge in [0.15, 0.2) is 0 Å². The molecule has 1 aromatic heterocycles. The maximum absolute atomic E-state index is 14.3. The second kappa shape index (κ2) is 29.5. The van der Waals surface area contributed by atoms with Crippen LogP contribution < -0.4 is 95.9 Å². The first-order valence-electron chi connectivity index (χ1n) is 22.7. The van der Waals surface area contributed by atoms with Crippen molar-refractivity contribution >= 4 is 52.3 Å². The predicted molar refractivity (Wildman–Crippen MR) is 249 cm³/mol. The van der Waals surface area contributed by atoms with Crippen LogP contribution in [0.15, 0.2) is 96.1 Å². The standard InChI is InChI=1S/C50H66N7O9.2Na/c1-8-30(5)42(47(62)55-40(50(65)66)27-35-28-51-37-23-17-16-22-36(35)37)57-48(63)43(31(6)9-2)56-45(60)38(24-25-58)53-46(61)39(26-29(3)4)54-49(64)44(52-32(7)59)41(33-18-12-10-13-19-33)34-20-14-11-15-21-34;;/h10-23,28-31,38-44,51H,8-9,24-27H2,1-7H3,(H,52,59)(H,53,61)(H,54,64)(H,55,62)(H,56,60)(H,57,63)(H,65,66);;/q-1;2*+1/p-1/t30-,31-,38-,39-,40-,42-,43-,44+;;/m0../s1. The van der Waals surface area contributed by atoms with E-state index in [2.05, 4.69) is 36.6 Å². The van der Waals surface area contributed by atoms with Gasteiger partial charge in [-0.3, -0.25) is 29.0 Å². The van der Waals surface area contributed by atoms with Crippen LogP contribution in [-0.4, -0.2) is 94.4 Å². The molecule has 0 aliphatic rings. The number of nitrogens with one attached hydrogen (secondary N) is 6. The van der Waals surface area contributed by atoms with E-state index < -0.39 is 102 Å². The molecule has 0 unspecified atom stereocenters. The molecule has 18 heteroatoms. The molecule has 0 aliphatic carbocycles. The molecule has 0 aliphatic heterocycles. The number of aliphatic carboxylic acids is 1. The van der Waals surface area contributed by atoms with Gasteiger partial charge in [-0.05, 0) is 66.2 Å². The number of carbonyl (C=O) groups is 6. The SMILES string of the molecule is CC[C@H](C)[C@H](NC(=O)[C@H](CC[O-])NC(=O)[C@H](CC(C)C)NC(=O)[C@H](N=C(C)[O-])C(c1ccccc1)c1ccccc1)C(=O)N[C@H](C(=O)N[C@@H](Cc1c[nH]c2ccccc12)C(=O)O)[C@@H](C)CC.[Na+].[Na+]. The van der Waals surface area contributed by atoms with Crippen molar-refractivity contribution in [1.82, 2.24) is 31.6 Å². The fraction of sp³-hybridized carbons (Fsp3) is 0.460. The summed E-state index contributed by atoms with van der Waals surface area (Å²) in [5.74, 6) is -7.36. The van der Waals surface area contributed by atoms with Crippen molar-refractivity contribution < 1.29 is 103 Å². The Hall–Kier alpha value is -4.55. The van der Waals surface area contributed by atoms with Gasteiger partial charge in [0.05, 0.1) is 0 Å². The number of nitrogens with zero attached hydrogens (tertiary/aromatic N) is 1. The van der Waals surface area contributed by atoms with Crippen LogP contribution in [-0.2, 0) is 35.2 Å². The number of aromatic nitrogens is 1. The predicted octanol–water partition coefficient (Wildman–Crippen LogP) is -2.90. The Morgan fingerprint density at radius 1 is 0.647 bits per heavy atom. The number of carboxylic acids is 1. The summed E-state index contributed by atoms with van der Waals surface area (Å²) in [7, 11) is 0. The number of rotatable bonds is 25. The van der Waals surface area contributed by atoms with Crippen molar-refractivity contribution in [2.75, 3.05) is 6.61 Å². The zero-order chi connectivity index (χ0) is 48.5. The largest absolute Gasteiger partial charge is 1.00 e. The van der Waals surface area contributed by atoms with Crippen molar-refractivity contribution in [3.63, 3.8) is 0 Å². The maximum atomic E-state index is 14.3. The smallest absolute Gasteiger partial charge is 0.862 e. The Bertz CT molecular complexity index is 2230. The molecule has 5 amide bonds. The summed E-state index contributed by atoms with van der Waals surface area (Å²) in [4.78, 5) is 90.2. The fourth-order valence-corrected chi connectivity index (χ4v) is 7.86. The fourth-order valence-electron chi connectivity index (χ4n) is 7.86. The van der Waals surface area contributed by atoms with E-state index in [-0.39, 0.29) is 84.3 Å². The van der Waals surface area contributed by atoms with Crippen molar-refractivity contribution in [2.45, 2.75) is 123 Å². The summed E-state index contributed by atoms with van der Waals surface area (Å²) in [5.41, 5.74) is 2.93. The molecule has 0 spiro atoms. The van der Waals surface area contributed by atoms with E-state index >= 15 is 0 Å². The van der Waals surface area contributed by atoms with Crippen LogP contribution in [0.4, 0.5) is 0 Å². The van der Waals surface area contributed by atoms with Crippen molar-refractivity contribution in [1.29, 1.82) is 0 Å². The van der Waals surface area contributed by atoms with Gasteiger partial charge in [-0.15, -0.1) is 6.61 Å². The van der Waals surface area contributed by atoms with Gasteiger partial charge in [0.25, 0.3) is 0 Å². The number of hydrogen-bond donors (Lipinski definition) is 7. The number of para-hydroxylation sites is 1. The first kappa shape index (κ1) is 59.6. The van der Waals surface area contributed by atoms with Crippen LogP contribution in [0.1, 0.15) is 96.8 Å². The first-order chi connectivity index (χ1) is 31.5. The van der Waals surface area contributed by atoms with Gasteiger partial charge in [0, 0.05) is 29.4 Å². The zero-order valence-electron chi connectivity index (χ0n) is 40.8. The van der Waals surface area contributed by atoms with E-state index in [9.17, 15) is 44.1 Å². The van der Waals surface area contributed by atoms with Gasteiger partial charge in [0.1, 0.15) is 36.3 Å². The minimum absolute atomic E-state index is 0. The molecule has 0 saturated carbocycles. The minimum atomic E-state index is -1.42. The third kappa shape index (κ3) is 17.1. The first-order valence-corrected chi connectivity index (χ1v) is 22.7. The van der Waals surface area contributed by atoms with Crippen LogP contribution in [0.2, 0.25) is 0 Å². The monoisotopic (exact) mass is 953 g/mol. The number of aliphatic imine (C=N–C) groups is 1. The number of carboxylic acid groups (broad SMARTS) is 1. The summed E-state index contributed by atoms with van der Waals surface area (Å²) < 4.78 is 0. The number of amides is 5. The van der Waals surface area contributed by atoms with Crippen molar-refractivity contribution in [2.24, 2.45) is 22.7 Å². The average Bonchev–Trinajstić information content (AvgIpc) is 3.71. The molecule has 1 heterocycles. The summed E-state index contributed by atoms with van der Waals surface area (Å²) in [6.45, 7) is 11.2. The van der Waals surface area contributed by atoms with Crippen LogP contribution in [0.25, 0.3) is 10.9 Å². The minimum Gasteiger partial charge on any atom is -0.862 e. The molecule has 7 N–H and O–H groups in total. The average molecular weight is 954 g/mol. The van der Waals surface area contributed by atoms with Gasteiger partial charge >= 0.3 is 65.1 Å². The molecule has 4 rings (SSSR count). The third-order valence-electron chi connectivity index (χ3n) is 11.9. The van der Waals surface area contributed by atoms with E-state index in [1.165, 1.54) is 6.92 Å². The van der Waals surface area contributed by atoms with E-state index in [0.717, 1.165) is 10.9 Å². The van der Waals surface area contributed by atoms with Gasteiger partial charge < -0.3 is 46.9 Å². The zero-order valence-corrected chi connectivity index (χ0v) is 44.8. The molecule has 0 radical (unpaired) electrons. The van der Waals surface area contributed by atoms with Crippen molar-refractivity contribution in [3.05, 3.63) is 108 Å². The molecule has 0 saturated heterocycles. The molecule has 16 nitrogen and oxygen atoms in total. The van der Waals surface area contributed by atoms with E-state index in [0.29, 0.717) is 29.5 Å². The summed E-state index contributed by atoms with van der Waals surface area (Å²) in [5, 5.41) is 49.1. The summed E-state index contributed by atoms with van der Waals surface area (Å²) in [6, 6.07) is 17.9. The quantitative estimate of drug-likeness (QED) is 0.0204. The van der Waals surface area contributed by atoms with Gasteiger partial charge in [-0.25, -0.2) is 4.79 Å². The molecule has 3 aromatic carbocycles. The van der Waals surface area contributed by atoms with Crippen LogP contribution in [0, 0.1) is 17.8 Å². The summed E-state index contributed by atoms with van der Waals surface area (Å²) >= 11 is 0. The number of benzene rings is 3. The molecule has 0 bridgehead atoms. The Morgan fingerprint density at radius 2 is 1.12 bits per heavy atom. The van der Waals surface area contributed by atoms with Crippen LogP contribution >= 0.6 is 0 Å². The van der Waals surface area contributed by atoms with E-state index in [1.54, 1.807) is 27.0 Å². The number of H-pyrrole nitrogens is 1. The van der Waals surface area contributed by atoms with Crippen molar-refractivity contribution in [3.8, 4) is 0 Å². The molecule has 4 aromatic rings. The number of fused-ring (bicyclic) bond motifs is 1.